The van der Waals surface area contributed by atoms with Gasteiger partial charge in [0, 0.05) is 6.61 Å². The van der Waals surface area contributed by atoms with Crippen molar-refractivity contribution < 1.29 is 14.3 Å². The van der Waals surface area contributed by atoms with Crippen molar-refractivity contribution in [3.63, 3.8) is 0 Å². The van der Waals surface area contributed by atoms with E-state index in [4.69, 9.17) is 9.15 Å². The highest BCUT2D eigenvalue weighted by atomic mass is 16.5. The molecule has 3 rings (SSSR count). The van der Waals surface area contributed by atoms with Gasteiger partial charge in [-0.1, -0.05) is 6.07 Å². The Morgan fingerprint density at radius 2 is 2.16 bits per heavy atom. The van der Waals surface area contributed by atoms with Crippen molar-refractivity contribution in [2.45, 2.75) is 32.3 Å². The summed E-state index contributed by atoms with van der Waals surface area (Å²) in [6, 6.07) is 4.83. The highest BCUT2D eigenvalue weighted by molar-refractivity contribution is 5.86. The SMILES string of the molecule is Cc1c(C2CCCCO2)ccc2c(O)cc(=O)oc12. The monoisotopic (exact) mass is 260 g/mol. The van der Waals surface area contributed by atoms with Gasteiger partial charge in [-0.2, -0.15) is 0 Å². The van der Waals surface area contributed by atoms with E-state index in [1.165, 1.54) is 0 Å². The minimum atomic E-state index is -0.533. The highest BCUT2D eigenvalue weighted by Gasteiger charge is 2.20. The topological polar surface area (TPSA) is 59.7 Å². The molecule has 1 fully saturated rings. The predicted molar refractivity (Wildman–Crippen MR) is 71.4 cm³/mol. The van der Waals surface area contributed by atoms with Crippen LogP contribution in [0.3, 0.4) is 0 Å². The van der Waals surface area contributed by atoms with Gasteiger partial charge in [-0.15, -0.1) is 0 Å². The smallest absolute Gasteiger partial charge is 0.339 e. The Morgan fingerprint density at radius 3 is 2.89 bits per heavy atom. The Balaban J connectivity index is 2.17. The Bertz CT molecular complexity index is 666. The summed E-state index contributed by atoms with van der Waals surface area (Å²) in [6.07, 6.45) is 3.28. The Hall–Kier alpha value is -1.81. The molecule has 0 spiro atoms. The van der Waals surface area contributed by atoms with Crippen LogP contribution >= 0.6 is 0 Å². The van der Waals surface area contributed by atoms with Crippen molar-refractivity contribution in [2.75, 3.05) is 6.61 Å². The van der Waals surface area contributed by atoms with Gasteiger partial charge in [0.25, 0.3) is 0 Å². The molecule has 1 aromatic heterocycles. The molecule has 2 aromatic rings. The van der Waals surface area contributed by atoms with Gasteiger partial charge in [0.15, 0.2) is 0 Å². The number of fused-ring (bicyclic) bond motifs is 1. The van der Waals surface area contributed by atoms with E-state index in [0.717, 1.165) is 43.1 Å². The fraction of sp³-hybridized carbons (Fsp3) is 0.400. The minimum absolute atomic E-state index is 0.0366. The summed E-state index contributed by atoms with van der Waals surface area (Å²) in [6.45, 7) is 2.67. The molecule has 1 aliphatic heterocycles. The lowest BCUT2D eigenvalue weighted by molar-refractivity contribution is 0.0146. The lowest BCUT2D eigenvalue weighted by atomic mass is 9.95. The van der Waals surface area contributed by atoms with E-state index >= 15 is 0 Å². The molecule has 4 heteroatoms. The minimum Gasteiger partial charge on any atom is -0.507 e. The van der Waals surface area contributed by atoms with Crippen molar-refractivity contribution >= 4 is 11.0 Å². The summed E-state index contributed by atoms with van der Waals surface area (Å²) in [4.78, 5) is 11.4. The van der Waals surface area contributed by atoms with Crippen LogP contribution in [0.4, 0.5) is 0 Å². The molecule has 0 saturated carbocycles. The number of aromatic hydroxyl groups is 1. The van der Waals surface area contributed by atoms with E-state index in [1.54, 1.807) is 6.07 Å². The number of hydrogen-bond acceptors (Lipinski definition) is 4. The average Bonchev–Trinajstić information content (AvgIpc) is 2.41. The quantitative estimate of drug-likeness (QED) is 0.800. The van der Waals surface area contributed by atoms with E-state index in [9.17, 15) is 9.90 Å². The molecule has 0 radical (unpaired) electrons. The molecule has 0 aliphatic carbocycles. The second-order valence-electron chi connectivity index (χ2n) is 4.96. The molecule has 1 aliphatic rings. The Morgan fingerprint density at radius 1 is 1.32 bits per heavy atom. The van der Waals surface area contributed by atoms with Crippen molar-refractivity contribution in [3.8, 4) is 5.75 Å². The van der Waals surface area contributed by atoms with Crippen LogP contribution in [0.2, 0.25) is 0 Å². The van der Waals surface area contributed by atoms with Crippen molar-refractivity contribution in [3.05, 3.63) is 39.7 Å². The summed E-state index contributed by atoms with van der Waals surface area (Å²) in [5, 5.41) is 10.4. The number of hydrogen-bond donors (Lipinski definition) is 1. The lowest BCUT2D eigenvalue weighted by Gasteiger charge is -2.24. The van der Waals surface area contributed by atoms with Gasteiger partial charge in [-0.05, 0) is 43.4 Å². The van der Waals surface area contributed by atoms with Crippen molar-refractivity contribution in [1.82, 2.24) is 0 Å². The first-order valence-corrected chi connectivity index (χ1v) is 6.55. The lowest BCUT2D eigenvalue weighted by Crippen LogP contribution is -2.13. The molecule has 1 N–H and O–H groups in total. The largest absolute Gasteiger partial charge is 0.507 e. The number of ether oxygens (including phenoxy) is 1. The van der Waals surface area contributed by atoms with E-state index < -0.39 is 5.63 Å². The van der Waals surface area contributed by atoms with Gasteiger partial charge in [-0.25, -0.2) is 4.79 Å². The van der Waals surface area contributed by atoms with Crippen LogP contribution in [-0.2, 0) is 4.74 Å². The first kappa shape index (κ1) is 12.2. The van der Waals surface area contributed by atoms with Gasteiger partial charge in [-0.3, -0.25) is 0 Å². The number of benzene rings is 1. The fourth-order valence-electron chi connectivity index (χ4n) is 2.69. The molecule has 1 unspecified atom stereocenters. The van der Waals surface area contributed by atoms with Gasteiger partial charge in [0.1, 0.15) is 11.3 Å². The van der Waals surface area contributed by atoms with Crippen LogP contribution in [0.1, 0.15) is 36.5 Å². The predicted octanol–water partition coefficient (Wildman–Crippen LogP) is 3.05. The van der Waals surface area contributed by atoms with Crippen LogP contribution in [0.25, 0.3) is 11.0 Å². The second-order valence-corrected chi connectivity index (χ2v) is 4.96. The van der Waals surface area contributed by atoms with Crippen LogP contribution in [0.5, 0.6) is 5.75 Å². The molecule has 1 atom stereocenters. The third-order valence-electron chi connectivity index (χ3n) is 3.71. The van der Waals surface area contributed by atoms with E-state index in [-0.39, 0.29) is 11.9 Å². The first-order valence-electron chi connectivity index (χ1n) is 6.55. The van der Waals surface area contributed by atoms with Crippen LogP contribution < -0.4 is 5.63 Å². The van der Waals surface area contributed by atoms with Gasteiger partial charge >= 0.3 is 5.63 Å². The molecular weight excluding hydrogens is 244 g/mol. The molecule has 100 valence electrons. The number of aryl methyl sites for hydroxylation is 1. The average molecular weight is 260 g/mol. The zero-order chi connectivity index (χ0) is 13.4. The molecule has 19 heavy (non-hydrogen) atoms. The van der Waals surface area contributed by atoms with Gasteiger partial charge in [0.2, 0.25) is 0 Å². The zero-order valence-electron chi connectivity index (χ0n) is 10.8. The molecule has 4 nitrogen and oxygen atoms in total. The third kappa shape index (κ3) is 2.12. The Kier molecular flexibility index (Phi) is 3.03. The zero-order valence-corrected chi connectivity index (χ0v) is 10.8. The highest BCUT2D eigenvalue weighted by Crippen LogP contribution is 2.34. The van der Waals surface area contributed by atoms with E-state index in [2.05, 4.69) is 0 Å². The van der Waals surface area contributed by atoms with E-state index in [0.29, 0.717) is 11.0 Å². The molecule has 0 bridgehead atoms. The summed E-state index contributed by atoms with van der Waals surface area (Å²) in [5.41, 5.74) is 1.84. The van der Waals surface area contributed by atoms with E-state index in [1.807, 2.05) is 13.0 Å². The third-order valence-corrected chi connectivity index (χ3v) is 3.71. The Labute approximate surface area is 110 Å². The maximum Gasteiger partial charge on any atom is 0.339 e. The molecule has 2 heterocycles. The summed E-state index contributed by atoms with van der Waals surface area (Å²) >= 11 is 0. The maximum absolute atomic E-state index is 11.4. The van der Waals surface area contributed by atoms with Crippen LogP contribution in [-0.4, -0.2) is 11.7 Å². The molecule has 1 saturated heterocycles. The van der Waals surface area contributed by atoms with Gasteiger partial charge < -0.3 is 14.3 Å². The normalized spacial score (nSPS) is 19.7. The molecular formula is C15H16O4. The fourth-order valence-corrected chi connectivity index (χ4v) is 2.69. The van der Waals surface area contributed by atoms with Crippen molar-refractivity contribution in [1.29, 1.82) is 0 Å². The molecule has 0 amide bonds. The van der Waals surface area contributed by atoms with Gasteiger partial charge in [0.05, 0.1) is 17.6 Å². The summed E-state index contributed by atoms with van der Waals surface area (Å²) in [7, 11) is 0. The molecule has 1 aromatic carbocycles. The van der Waals surface area contributed by atoms with Crippen molar-refractivity contribution in [2.24, 2.45) is 0 Å². The summed E-state index contributed by atoms with van der Waals surface area (Å²) in [5.74, 6) is -0.0366. The summed E-state index contributed by atoms with van der Waals surface area (Å²) < 4.78 is 11.0. The van der Waals surface area contributed by atoms with Crippen LogP contribution in [0, 0.1) is 6.92 Å². The number of rotatable bonds is 1. The maximum atomic E-state index is 11.4. The standard InChI is InChI=1S/C15H16O4/c1-9-10(13-4-2-3-7-18-13)5-6-11-12(16)8-14(17)19-15(9)11/h5-6,8,13,16H,2-4,7H2,1H3. The van der Waals surface area contributed by atoms with Crippen LogP contribution in [0.15, 0.2) is 27.4 Å². The second kappa shape index (κ2) is 4.70. The first-order chi connectivity index (χ1) is 9.16.